The van der Waals surface area contributed by atoms with E-state index >= 15 is 0 Å². The molecule has 0 atom stereocenters. The van der Waals surface area contributed by atoms with E-state index in [2.05, 4.69) is 128 Å². The van der Waals surface area contributed by atoms with Crippen molar-refractivity contribution in [1.82, 2.24) is 24.5 Å². The lowest BCUT2D eigenvalue weighted by Gasteiger charge is -2.19. The van der Waals surface area contributed by atoms with E-state index in [0.29, 0.717) is 23.2 Å². The Hall–Kier alpha value is -6.92. The fourth-order valence-corrected chi connectivity index (χ4v) is 7.57. The number of para-hydroxylation sites is 2. The summed E-state index contributed by atoms with van der Waals surface area (Å²) in [5.41, 5.74) is 11.0. The molecular formula is C48H35N5O. The molecule has 0 amide bonds. The van der Waals surface area contributed by atoms with Crippen LogP contribution in [0.25, 0.3) is 94.9 Å². The monoisotopic (exact) mass is 697 g/mol. The van der Waals surface area contributed by atoms with Crippen molar-refractivity contribution in [3.05, 3.63) is 163 Å². The molecule has 6 aromatic carbocycles. The highest BCUT2D eigenvalue weighted by atomic mass is 16.3. The van der Waals surface area contributed by atoms with Crippen molar-refractivity contribution in [2.45, 2.75) is 26.2 Å². The van der Waals surface area contributed by atoms with Gasteiger partial charge in [-0.05, 0) is 58.5 Å². The molecule has 0 spiro atoms. The summed E-state index contributed by atoms with van der Waals surface area (Å²) in [5.74, 6) is 1.72. The normalized spacial score (nSPS) is 12.0. The minimum absolute atomic E-state index is 0.0386. The first kappa shape index (κ1) is 31.8. The zero-order valence-corrected chi connectivity index (χ0v) is 30.2. The Balaban J connectivity index is 1.15. The van der Waals surface area contributed by atoms with Crippen molar-refractivity contribution >= 4 is 43.7 Å². The molecule has 54 heavy (non-hydrogen) atoms. The Bertz CT molecular complexity index is 3020. The van der Waals surface area contributed by atoms with Crippen LogP contribution >= 0.6 is 0 Å². The smallest absolute Gasteiger partial charge is 0.182 e. The van der Waals surface area contributed by atoms with Crippen LogP contribution in [0.2, 0.25) is 0 Å². The van der Waals surface area contributed by atoms with E-state index in [9.17, 15) is 0 Å². The molecule has 0 aliphatic heterocycles. The fraction of sp³-hybridized carbons (Fsp3) is 0.0833. The number of hydrogen-bond acceptors (Lipinski definition) is 5. The van der Waals surface area contributed by atoms with Gasteiger partial charge in [0.2, 0.25) is 0 Å². The SMILES string of the molecule is CC(C)(C)c1ccc(-c2nc(-c3ccccc3)nc(-c3cc(-n4c5ccccc5c5ccc(-c6cccc7oc8ccccc8c67)cc54)ccn3)n2)cc1. The Morgan fingerprint density at radius 2 is 1.15 bits per heavy atom. The lowest BCUT2D eigenvalue weighted by molar-refractivity contribution is 0.590. The van der Waals surface area contributed by atoms with Crippen LogP contribution in [0, 0.1) is 0 Å². The molecule has 0 unspecified atom stereocenters. The minimum Gasteiger partial charge on any atom is -0.456 e. The molecule has 0 saturated heterocycles. The van der Waals surface area contributed by atoms with Crippen LogP contribution in [-0.2, 0) is 5.41 Å². The molecular weight excluding hydrogens is 663 g/mol. The number of furan rings is 1. The summed E-state index contributed by atoms with van der Waals surface area (Å²) in [5, 5.41) is 4.58. The molecule has 4 aromatic heterocycles. The second-order valence-corrected chi connectivity index (χ2v) is 14.8. The zero-order chi connectivity index (χ0) is 36.4. The molecule has 0 aliphatic rings. The maximum Gasteiger partial charge on any atom is 0.182 e. The van der Waals surface area contributed by atoms with Crippen LogP contribution in [0.1, 0.15) is 26.3 Å². The number of hydrogen-bond donors (Lipinski definition) is 0. The third kappa shape index (κ3) is 5.34. The van der Waals surface area contributed by atoms with Gasteiger partial charge in [0.15, 0.2) is 17.5 Å². The molecule has 10 aromatic rings. The van der Waals surface area contributed by atoms with Crippen molar-refractivity contribution in [1.29, 1.82) is 0 Å². The molecule has 0 bridgehead atoms. The molecule has 0 saturated carbocycles. The summed E-state index contributed by atoms with van der Waals surface area (Å²) in [4.78, 5) is 19.8. The van der Waals surface area contributed by atoms with E-state index in [1.165, 1.54) is 16.3 Å². The van der Waals surface area contributed by atoms with Gasteiger partial charge < -0.3 is 8.98 Å². The Morgan fingerprint density at radius 3 is 1.94 bits per heavy atom. The van der Waals surface area contributed by atoms with Gasteiger partial charge in [0.25, 0.3) is 0 Å². The fourth-order valence-electron chi connectivity index (χ4n) is 7.57. The quantitative estimate of drug-likeness (QED) is 0.179. The van der Waals surface area contributed by atoms with Gasteiger partial charge in [-0.3, -0.25) is 4.98 Å². The molecule has 0 fully saturated rings. The van der Waals surface area contributed by atoms with E-state index in [4.69, 9.17) is 24.4 Å². The first-order chi connectivity index (χ1) is 26.4. The van der Waals surface area contributed by atoms with Gasteiger partial charge in [0, 0.05) is 44.6 Å². The summed E-state index contributed by atoms with van der Waals surface area (Å²) in [6, 6.07) is 52.6. The summed E-state index contributed by atoms with van der Waals surface area (Å²) in [7, 11) is 0. The highest BCUT2D eigenvalue weighted by molar-refractivity contribution is 6.14. The topological polar surface area (TPSA) is 69.6 Å². The molecule has 0 aliphatic carbocycles. The van der Waals surface area contributed by atoms with Crippen LogP contribution in [0.3, 0.4) is 0 Å². The molecule has 0 N–H and O–H groups in total. The van der Waals surface area contributed by atoms with Gasteiger partial charge >= 0.3 is 0 Å². The highest BCUT2D eigenvalue weighted by Gasteiger charge is 2.19. The molecule has 4 heterocycles. The highest BCUT2D eigenvalue weighted by Crippen LogP contribution is 2.40. The van der Waals surface area contributed by atoms with Gasteiger partial charge in [-0.1, -0.05) is 136 Å². The molecule has 10 rings (SSSR count). The molecule has 258 valence electrons. The van der Waals surface area contributed by atoms with E-state index in [-0.39, 0.29) is 5.41 Å². The Labute approximate surface area is 312 Å². The average Bonchev–Trinajstić information content (AvgIpc) is 3.76. The van der Waals surface area contributed by atoms with Gasteiger partial charge in [0.1, 0.15) is 16.9 Å². The van der Waals surface area contributed by atoms with Crippen molar-refractivity contribution < 1.29 is 4.42 Å². The minimum atomic E-state index is 0.0386. The number of pyridine rings is 1. The van der Waals surface area contributed by atoms with Crippen LogP contribution in [0.15, 0.2) is 162 Å². The Kier molecular flexibility index (Phi) is 7.27. The predicted octanol–water partition coefficient (Wildman–Crippen LogP) is 12.2. The molecule has 0 radical (unpaired) electrons. The van der Waals surface area contributed by atoms with E-state index in [1.54, 1.807) is 0 Å². The number of benzene rings is 6. The van der Waals surface area contributed by atoms with E-state index < -0.39 is 0 Å². The number of aromatic nitrogens is 5. The largest absolute Gasteiger partial charge is 0.456 e. The van der Waals surface area contributed by atoms with Crippen molar-refractivity contribution in [3.63, 3.8) is 0 Å². The van der Waals surface area contributed by atoms with E-state index in [0.717, 1.165) is 60.9 Å². The molecule has 6 heteroatoms. The van der Waals surface area contributed by atoms with E-state index in [1.807, 2.05) is 54.7 Å². The van der Waals surface area contributed by atoms with Crippen LogP contribution in [0.5, 0.6) is 0 Å². The van der Waals surface area contributed by atoms with Gasteiger partial charge in [0.05, 0.1) is 11.0 Å². The van der Waals surface area contributed by atoms with Gasteiger partial charge in [-0.25, -0.2) is 15.0 Å². The maximum absolute atomic E-state index is 6.26. The summed E-state index contributed by atoms with van der Waals surface area (Å²) in [6.07, 6.45) is 1.84. The van der Waals surface area contributed by atoms with Crippen LogP contribution in [0.4, 0.5) is 0 Å². The van der Waals surface area contributed by atoms with Crippen LogP contribution < -0.4 is 0 Å². The van der Waals surface area contributed by atoms with Crippen LogP contribution in [-0.4, -0.2) is 24.5 Å². The lowest BCUT2D eigenvalue weighted by atomic mass is 9.87. The van der Waals surface area contributed by atoms with Crippen molar-refractivity contribution in [2.24, 2.45) is 0 Å². The Morgan fingerprint density at radius 1 is 0.500 bits per heavy atom. The average molecular weight is 698 g/mol. The summed E-state index contributed by atoms with van der Waals surface area (Å²) >= 11 is 0. The lowest BCUT2D eigenvalue weighted by Crippen LogP contribution is -2.10. The summed E-state index contributed by atoms with van der Waals surface area (Å²) in [6.45, 7) is 6.65. The number of nitrogens with zero attached hydrogens (tertiary/aromatic N) is 5. The van der Waals surface area contributed by atoms with Gasteiger partial charge in [-0.15, -0.1) is 0 Å². The van der Waals surface area contributed by atoms with Gasteiger partial charge in [-0.2, -0.15) is 0 Å². The zero-order valence-electron chi connectivity index (χ0n) is 30.2. The standard InChI is InChI=1S/C48H35N5O/c1-48(2,3)33-23-20-31(21-24-33)46-50-45(30-12-5-4-6-13-30)51-47(52-46)39-29-34(26-27-49-39)53-40-17-9-7-14-36(40)37-25-22-32(28-41(37)53)35-16-11-19-43-44(35)38-15-8-10-18-42(38)54-43/h4-29H,1-3H3. The second kappa shape index (κ2) is 12.3. The number of rotatable bonds is 5. The summed E-state index contributed by atoms with van der Waals surface area (Å²) < 4.78 is 8.58. The first-order valence-electron chi connectivity index (χ1n) is 18.2. The predicted molar refractivity (Wildman–Crippen MR) is 220 cm³/mol. The first-order valence-corrected chi connectivity index (χ1v) is 18.2. The van der Waals surface area contributed by atoms with Crippen molar-refractivity contribution in [2.75, 3.05) is 0 Å². The van der Waals surface area contributed by atoms with Crippen molar-refractivity contribution in [3.8, 4) is 51.1 Å². The maximum atomic E-state index is 6.26. The number of fused-ring (bicyclic) bond motifs is 6. The second-order valence-electron chi connectivity index (χ2n) is 14.8. The third-order valence-corrected chi connectivity index (χ3v) is 10.3. The molecule has 6 nitrogen and oxygen atoms in total. The third-order valence-electron chi connectivity index (χ3n) is 10.3.